The normalized spacial score (nSPS) is 19.6. The van der Waals surface area contributed by atoms with E-state index in [0.717, 1.165) is 11.3 Å². The van der Waals surface area contributed by atoms with Gasteiger partial charge in [-0.2, -0.15) is 0 Å². The lowest BCUT2D eigenvalue weighted by atomic mass is 9.94. The van der Waals surface area contributed by atoms with Gasteiger partial charge in [-0.3, -0.25) is 9.59 Å². The molecule has 39 heavy (non-hydrogen) atoms. The van der Waals surface area contributed by atoms with Crippen molar-refractivity contribution < 1.29 is 33.6 Å². The summed E-state index contributed by atoms with van der Waals surface area (Å²) in [4.78, 5) is 32.4. The van der Waals surface area contributed by atoms with Crippen LogP contribution in [0.5, 0.6) is 23.0 Å². The number of aromatic nitrogens is 2. The molecule has 1 amide bonds. The van der Waals surface area contributed by atoms with E-state index >= 15 is 0 Å². The molecule has 204 valence electrons. The van der Waals surface area contributed by atoms with Crippen molar-refractivity contribution in [1.29, 1.82) is 0 Å². The Balaban J connectivity index is 1.61. The number of benzene rings is 2. The molecule has 0 saturated carbocycles. The van der Waals surface area contributed by atoms with Crippen molar-refractivity contribution >= 4 is 17.4 Å². The average Bonchev–Trinajstić information content (AvgIpc) is 3.65. The molecule has 2 atom stereocenters. The summed E-state index contributed by atoms with van der Waals surface area (Å²) in [7, 11) is 4.49. The van der Waals surface area contributed by atoms with E-state index in [4.69, 9.17) is 18.9 Å². The highest BCUT2D eigenvalue weighted by molar-refractivity contribution is 6.46. The van der Waals surface area contributed by atoms with Crippen LogP contribution in [-0.2, 0) is 22.6 Å². The average molecular weight is 534 g/mol. The number of aryl methyl sites for hydroxylation is 1. The van der Waals surface area contributed by atoms with Gasteiger partial charge in [-0.1, -0.05) is 0 Å². The SMILES string of the molecule is COc1cc([C@H]2C(=C(O)c3ccc4c(c3)C[C@@H](C)O4)C(=O)C(=O)N2CCCn2ccnc2)cc(OC)c1OC. The number of carbonyl (C=O) groups is 2. The quantitative estimate of drug-likeness (QED) is 0.252. The second kappa shape index (κ2) is 10.7. The number of aliphatic hydroxyl groups excluding tert-OH is 1. The Kier molecular flexibility index (Phi) is 7.19. The predicted octanol–water partition coefficient (Wildman–Crippen LogP) is 3.74. The van der Waals surface area contributed by atoms with E-state index in [1.165, 1.54) is 26.2 Å². The maximum atomic E-state index is 13.5. The van der Waals surface area contributed by atoms with Gasteiger partial charge in [0, 0.05) is 37.5 Å². The summed E-state index contributed by atoms with van der Waals surface area (Å²) in [6.07, 6.45) is 6.50. The molecule has 3 aromatic rings. The molecule has 0 spiro atoms. The van der Waals surface area contributed by atoms with Gasteiger partial charge in [-0.25, -0.2) is 4.98 Å². The molecule has 10 nitrogen and oxygen atoms in total. The van der Waals surface area contributed by atoms with Crippen LogP contribution in [0.3, 0.4) is 0 Å². The van der Waals surface area contributed by atoms with Crippen molar-refractivity contribution in [1.82, 2.24) is 14.5 Å². The Hall–Kier alpha value is -4.47. The third kappa shape index (κ3) is 4.78. The molecule has 5 rings (SSSR count). The van der Waals surface area contributed by atoms with Crippen LogP contribution in [0.4, 0.5) is 0 Å². The summed E-state index contributed by atoms with van der Waals surface area (Å²) < 4.78 is 24.2. The third-order valence-electron chi connectivity index (χ3n) is 7.09. The van der Waals surface area contributed by atoms with Crippen LogP contribution in [-0.4, -0.2) is 65.2 Å². The first-order valence-electron chi connectivity index (χ1n) is 12.7. The highest BCUT2D eigenvalue weighted by Gasteiger charge is 2.46. The van der Waals surface area contributed by atoms with Gasteiger partial charge < -0.3 is 33.5 Å². The van der Waals surface area contributed by atoms with Crippen molar-refractivity contribution in [3.05, 3.63) is 71.3 Å². The Morgan fingerprint density at radius 2 is 1.82 bits per heavy atom. The zero-order valence-corrected chi connectivity index (χ0v) is 22.3. The molecule has 0 unspecified atom stereocenters. The number of rotatable bonds is 9. The van der Waals surface area contributed by atoms with Crippen LogP contribution < -0.4 is 18.9 Å². The Morgan fingerprint density at radius 1 is 1.08 bits per heavy atom. The van der Waals surface area contributed by atoms with Crippen LogP contribution >= 0.6 is 0 Å². The van der Waals surface area contributed by atoms with Gasteiger partial charge in [0.25, 0.3) is 11.7 Å². The number of Topliss-reactive ketones (excluding diaryl/α,β-unsaturated/α-hetero) is 1. The zero-order valence-electron chi connectivity index (χ0n) is 22.3. The smallest absolute Gasteiger partial charge is 0.295 e. The van der Waals surface area contributed by atoms with Crippen molar-refractivity contribution in [2.24, 2.45) is 0 Å². The summed E-state index contributed by atoms with van der Waals surface area (Å²) in [5, 5.41) is 11.5. The van der Waals surface area contributed by atoms with Gasteiger partial charge in [0.2, 0.25) is 5.75 Å². The van der Waals surface area contributed by atoms with E-state index in [9.17, 15) is 14.7 Å². The Bertz CT molecular complexity index is 1410. The number of hydrogen-bond donors (Lipinski definition) is 1. The molecule has 1 N–H and O–H groups in total. The van der Waals surface area contributed by atoms with E-state index in [1.54, 1.807) is 36.8 Å². The minimum atomic E-state index is -0.870. The largest absolute Gasteiger partial charge is 0.507 e. The van der Waals surface area contributed by atoms with Crippen LogP contribution in [0, 0.1) is 0 Å². The fourth-order valence-electron chi connectivity index (χ4n) is 5.28. The maximum Gasteiger partial charge on any atom is 0.295 e. The Labute approximate surface area is 226 Å². The highest BCUT2D eigenvalue weighted by Crippen LogP contribution is 2.46. The Morgan fingerprint density at radius 3 is 2.46 bits per heavy atom. The van der Waals surface area contributed by atoms with Crippen LogP contribution in [0.2, 0.25) is 0 Å². The predicted molar refractivity (Wildman–Crippen MR) is 142 cm³/mol. The van der Waals surface area contributed by atoms with Crippen molar-refractivity contribution in [3.63, 3.8) is 0 Å². The van der Waals surface area contributed by atoms with E-state index in [0.29, 0.717) is 47.8 Å². The van der Waals surface area contributed by atoms with Crippen molar-refractivity contribution in [2.45, 2.75) is 38.5 Å². The second-order valence-electron chi connectivity index (χ2n) is 9.56. The van der Waals surface area contributed by atoms with E-state index < -0.39 is 17.7 Å². The number of carbonyl (C=O) groups excluding carboxylic acids is 2. The number of ketones is 1. The van der Waals surface area contributed by atoms with Crippen LogP contribution in [0.15, 0.2) is 54.6 Å². The van der Waals surface area contributed by atoms with Gasteiger partial charge in [0.05, 0.1) is 39.3 Å². The van der Waals surface area contributed by atoms with Gasteiger partial charge in [-0.15, -0.1) is 0 Å². The fraction of sp³-hybridized carbons (Fsp3) is 0.345. The molecular weight excluding hydrogens is 502 g/mol. The number of amides is 1. The lowest BCUT2D eigenvalue weighted by Crippen LogP contribution is -2.31. The number of aliphatic hydroxyl groups is 1. The molecule has 0 aliphatic carbocycles. The number of hydrogen-bond acceptors (Lipinski definition) is 8. The highest BCUT2D eigenvalue weighted by atomic mass is 16.5. The maximum absolute atomic E-state index is 13.5. The number of fused-ring (bicyclic) bond motifs is 1. The van der Waals surface area contributed by atoms with Crippen LogP contribution in [0.25, 0.3) is 5.76 Å². The minimum Gasteiger partial charge on any atom is -0.507 e. The van der Waals surface area contributed by atoms with E-state index in [1.807, 2.05) is 23.8 Å². The monoisotopic (exact) mass is 533 g/mol. The molecule has 0 bridgehead atoms. The summed E-state index contributed by atoms with van der Waals surface area (Å²) >= 11 is 0. The number of ether oxygens (including phenoxy) is 4. The topological polar surface area (TPSA) is 112 Å². The third-order valence-corrected chi connectivity index (χ3v) is 7.09. The number of likely N-dealkylation sites (tertiary alicyclic amines) is 1. The summed E-state index contributed by atoms with van der Waals surface area (Å²) in [5.41, 5.74) is 1.93. The summed E-state index contributed by atoms with van der Waals surface area (Å²) in [6, 6.07) is 7.82. The van der Waals surface area contributed by atoms with Crippen LogP contribution in [0.1, 0.15) is 36.1 Å². The zero-order chi connectivity index (χ0) is 27.7. The molecule has 1 fully saturated rings. The van der Waals surface area contributed by atoms with Gasteiger partial charge >= 0.3 is 0 Å². The molecule has 1 aromatic heterocycles. The molecular formula is C29H31N3O7. The number of methoxy groups -OCH3 is 3. The number of imidazole rings is 1. The molecule has 10 heteroatoms. The van der Waals surface area contributed by atoms with Gasteiger partial charge in [0.15, 0.2) is 11.5 Å². The molecule has 2 aliphatic rings. The van der Waals surface area contributed by atoms with E-state index in [2.05, 4.69) is 4.98 Å². The summed E-state index contributed by atoms with van der Waals surface area (Å²) in [5.74, 6) is 0.206. The van der Waals surface area contributed by atoms with E-state index in [-0.39, 0.29) is 24.0 Å². The lowest BCUT2D eigenvalue weighted by molar-refractivity contribution is -0.139. The molecule has 2 aliphatic heterocycles. The fourth-order valence-corrected chi connectivity index (χ4v) is 5.28. The summed E-state index contributed by atoms with van der Waals surface area (Å²) in [6.45, 7) is 2.85. The first-order chi connectivity index (χ1) is 18.9. The first-order valence-corrected chi connectivity index (χ1v) is 12.7. The molecule has 3 heterocycles. The molecule has 1 saturated heterocycles. The molecule has 0 radical (unpaired) electrons. The molecule has 2 aromatic carbocycles. The first kappa shape index (κ1) is 26.1. The standard InChI is InChI=1S/C29H31N3O7/c1-17-12-19-13-18(6-7-21(19)39-17)26(33)24-25(20-14-22(36-2)28(38-4)23(15-20)37-3)32(29(35)27(24)34)10-5-9-31-11-8-30-16-31/h6-8,11,13-17,25,33H,5,9-10,12H2,1-4H3/t17-,25+/m1/s1. The van der Waals surface area contributed by atoms with Crippen molar-refractivity contribution in [3.8, 4) is 23.0 Å². The minimum absolute atomic E-state index is 0.00353. The number of nitrogens with zero attached hydrogens (tertiary/aromatic N) is 3. The lowest BCUT2D eigenvalue weighted by Gasteiger charge is -2.26. The van der Waals surface area contributed by atoms with Gasteiger partial charge in [0.1, 0.15) is 17.6 Å². The van der Waals surface area contributed by atoms with Gasteiger partial charge in [-0.05, 0) is 54.8 Å². The second-order valence-corrected chi connectivity index (χ2v) is 9.56. The van der Waals surface area contributed by atoms with Crippen molar-refractivity contribution in [2.75, 3.05) is 27.9 Å².